The van der Waals surface area contributed by atoms with E-state index in [4.69, 9.17) is 28.1 Å². The summed E-state index contributed by atoms with van der Waals surface area (Å²) in [5, 5.41) is 0. The molecule has 1 aliphatic heterocycles. The summed E-state index contributed by atoms with van der Waals surface area (Å²) in [6.07, 6.45) is 4.12. The van der Waals surface area contributed by atoms with Crippen molar-refractivity contribution in [2.24, 2.45) is 0 Å². The quantitative estimate of drug-likeness (QED) is 0.421. The Morgan fingerprint density at radius 1 is 0.935 bits per heavy atom. The highest BCUT2D eigenvalue weighted by Crippen LogP contribution is 2.42. The molecule has 0 bridgehead atoms. The van der Waals surface area contributed by atoms with E-state index in [1.807, 2.05) is 30.3 Å². The molecule has 8 heteroatoms. The van der Waals surface area contributed by atoms with Gasteiger partial charge in [-0.15, -0.1) is 0 Å². The molecule has 3 aromatic rings. The van der Waals surface area contributed by atoms with Gasteiger partial charge in [0.15, 0.2) is 41.4 Å². The van der Waals surface area contributed by atoms with Crippen LogP contribution in [-0.2, 0) is 4.74 Å². The molecule has 1 unspecified atom stereocenters. The van der Waals surface area contributed by atoms with Crippen LogP contribution in [0.2, 0.25) is 0 Å². The minimum absolute atomic E-state index is 0.283. The zero-order chi connectivity index (χ0) is 21.8. The fraction of sp³-hybridized carbons (Fsp3) is 0.348. The van der Waals surface area contributed by atoms with Crippen molar-refractivity contribution in [3.8, 4) is 45.6 Å². The fourth-order valence-corrected chi connectivity index (χ4v) is 4.17. The van der Waals surface area contributed by atoms with Crippen LogP contribution in [0.3, 0.4) is 0 Å². The summed E-state index contributed by atoms with van der Waals surface area (Å²) in [6.45, 7) is 0.701. The Balaban J connectivity index is 1.71. The summed E-state index contributed by atoms with van der Waals surface area (Å²) in [4.78, 5) is 4.44. The number of hydrogen-bond donors (Lipinski definition) is 0. The van der Waals surface area contributed by atoms with Gasteiger partial charge in [0.05, 0.1) is 32.4 Å². The monoisotopic (exact) mass is 489 g/mol. The second-order valence-electron chi connectivity index (χ2n) is 7.00. The molecule has 1 aromatic heterocycles. The van der Waals surface area contributed by atoms with Gasteiger partial charge in [0.1, 0.15) is 5.69 Å². The minimum Gasteiger partial charge on any atom is -0.493 e. The largest absolute Gasteiger partial charge is 0.493 e. The van der Waals surface area contributed by atoms with Crippen molar-refractivity contribution in [3.63, 3.8) is 0 Å². The van der Waals surface area contributed by atoms with E-state index in [2.05, 4.69) is 20.9 Å². The molecule has 7 nitrogen and oxygen atoms in total. The predicted molar refractivity (Wildman–Crippen MR) is 119 cm³/mol. The molecule has 0 saturated carbocycles. The van der Waals surface area contributed by atoms with Crippen molar-refractivity contribution >= 4 is 15.9 Å². The van der Waals surface area contributed by atoms with E-state index in [1.54, 1.807) is 21.3 Å². The fourth-order valence-electron chi connectivity index (χ4n) is 3.57. The Morgan fingerprint density at radius 3 is 2.45 bits per heavy atom. The molecular weight excluding hydrogens is 466 g/mol. The van der Waals surface area contributed by atoms with E-state index >= 15 is 0 Å². The maximum absolute atomic E-state index is 6.09. The average Bonchev–Trinajstić information content (AvgIpc) is 3.29. The molecule has 164 valence electrons. The molecule has 1 saturated heterocycles. The van der Waals surface area contributed by atoms with Gasteiger partial charge in [-0.2, -0.15) is 0 Å². The Hall–Kier alpha value is -2.71. The van der Waals surface area contributed by atoms with E-state index < -0.39 is 0 Å². The third-order valence-electron chi connectivity index (χ3n) is 5.10. The molecule has 0 N–H and O–H groups in total. The lowest BCUT2D eigenvalue weighted by atomic mass is 10.0. The smallest absolute Gasteiger partial charge is 0.200 e. The molecule has 2 heterocycles. The third kappa shape index (κ3) is 4.50. The van der Waals surface area contributed by atoms with Gasteiger partial charge >= 0.3 is 0 Å². The van der Waals surface area contributed by atoms with Gasteiger partial charge in [-0.25, -0.2) is 4.98 Å². The number of hydrogen-bond acceptors (Lipinski definition) is 7. The van der Waals surface area contributed by atoms with Gasteiger partial charge < -0.3 is 28.1 Å². The molecule has 31 heavy (non-hydrogen) atoms. The van der Waals surface area contributed by atoms with Crippen molar-refractivity contribution in [2.75, 3.05) is 27.9 Å². The molecule has 1 fully saturated rings. The second kappa shape index (κ2) is 9.62. The number of oxazole rings is 1. The summed E-state index contributed by atoms with van der Waals surface area (Å²) in [7, 11) is 4.81. The van der Waals surface area contributed by atoms with Crippen molar-refractivity contribution in [1.29, 1.82) is 0 Å². The van der Waals surface area contributed by atoms with E-state index in [9.17, 15) is 0 Å². The van der Waals surface area contributed by atoms with Crippen LogP contribution in [-0.4, -0.2) is 39.2 Å². The van der Waals surface area contributed by atoms with Gasteiger partial charge in [-0.3, -0.25) is 0 Å². The summed E-state index contributed by atoms with van der Waals surface area (Å²) < 4.78 is 34.7. The van der Waals surface area contributed by atoms with Crippen LogP contribution >= 0.6 is 15.9 Å². The first kappa shape index (κ1) is 21.5. The number of ether oxygens (including phenoxy) is 5. The molecule has 4 rings (SSSR count). The molecule has 0 aliphatic carbocycles. The number of nitrogens with zero attached hydrogens (tertiary/aromatic N) is 1. The first-order valence-electron chi connectivity index (χ1n) is 9.96. The molecule has 0 amide bonds. The molecular formula is C23H24BrNO6. The Bertz CT molecular complexity index is 1040. The van der Waals surface area contributed by atoms with E-state index in [1.165, 1.54) is 6.39 Å². The number of methoxy groups -OCH3 is 3. The first-order valence-corrected chi connectivity index (χ1v) is 10.8. The van der Waals surface area contributed by atoms with Gasteiger partial charge in [0.2, 0.25) is 0 Å². The zero-order valence-corrected chi connectivity index (χ0v) is 19.2. The highest BCUT2D eigenvalue weighted by molar-refractivity contribution is 9.10. The van der Waals surface area contributed by atoms with Crippen LogP contribution in [0.25, 0.3) is 22.6 Å². The first-order chi connectivity index (χ1) is 15.1. The van der Waals surface area contributed by atoms with Crippen LogP contribution in [0, 0.1) is 0 Å². The number of benzene rings is 2. The zero-order valence-electron chi connectivity index (χ0n) is 17.6. The van der Waals surface area contributed by atoms with Gasteiger partial charge in [-0.05, 0) is 59.1 Å². The van der Waals surface area contributed by atoms with Crippen LogP contribution in [0.1, 0.15) is 19.3 Å². The van der Waals surface area contributed by atoms with Crippen LogP contribution in [0.4, 0.5) is 0 Å². The summed E-state index contributed by atoms with van der Waals surface area (Å²) in [5.74, 6) is 3.05. The third-order valence-corrected chi connectivity index (χ3v) is 5.69. The van der Waals surface area contributed by atoms with E-state index in [0.29, 0.717) is 41.1 Å². The van der Waals surface area contributed by atoms with Crippen molar-refractivity contribution in [2.45, 2.75) is 25.6 Å². The maximum atomic E-state index is 6.09. The predicted octanol–water partition coefficient (Wildman–Crippen LogP) is 5.70. The van der Waals surface area contributed by atoms with Crippen molar-refractivity contribution in [1.82, 2.24) is 4.98 Å². The van der Waals surface area contributed by atoms with Gasteiger partial charge in [0.25, 0.3) is 0 Å². The average molecular weight is 490 g/mol. The second-order valence-corrected chi connectivity index (χ2v) is 7.86. The normalized spacial score (nSPS) is 16.1. The number of rotatable bonds is 7. The Labute approximate surface area is 189 Å². The highest BCUT2D eigenvalue weighted by atomic mass is 79.9. The number of halogens is 1. The van der Waals surface area contributed by atoms with Gasteiger partial charge in [0, 0.05) is 17.5 Å². The molecule has 0 spiro atoms. The van der Waals surface area contributed by atoms with E-state index in [0.717, 1.165) is 34.9 Å². The maximum Gasteiger partial charge on any atom is 0.200 e. The van der Waals surface area contributed by atoms with E-state index in [-0.39, 0.29) is 6.29 Å². The highest BCUT2D eigenvalue weighted by Gasteiger charge is 2.21. The standard InChI is InChI=1S/C23H24BrNO6/c1-26-17-8-7-14(11-18(17)31-20-6-4-5-9-29-20)22-21(25-13-30-22)15-10-16(24)23(28-3)19(12-15)27-2/h7-8,10-13,20H,4-6,9H2,1-3H3. The molecule has 2 aromatic carbocycles. The Kier molecular flexibility index (Phi) is 6.67. The lowest BCUT2D eigenvalue weighted by molar-refractivity contribution is -0.106. The van der Waals surface area contributed by atoms with Crippen LogP contribution in [0.15, 0.2) is 45.6 Å². The van der Waals surface area contributed by atoms with Gasteiger partial charge in [-0.1, -0.05) is 0 Å². The minimum atomic E-state index is -0.283. The SMILES string of the molecule is COc1ccc(-c2ocnc2-c2cc(Br)c(OC)c(OC)c2)cc1OC1CCCCO1. The summed E-state index contributed by atoms with van der Waals surface area (Å²) >= 11 is 3.54. The lowest BCUT2D eigenvalue weighted by Gasteiger charge is -2.24. The lowest BCUT2D eigenvalue weighted by Crippen LogP contribution is -2.25. The van der Waals surface area contributed by atoms with Crippen LogP contribution < -0.4 is 18.9 Å². The molecule has 1 atom stereocenters. The van der Waals surface area contributed by atoms with Crippen molar-refractivity contribution < 1.29 is 28.1 Å². The summed E-state index contributed by atoms with van der Waals surface area (Å²) in [6, 6.07) is 9.43. The number of aromatic nitrogens is 1. The van der Waals surface area contributed by atoms with Crippen molar-refractivity contribution in [3.05, 3.63) is 41.2 Å². The van der Waals surface area contributed by atoms with Crippen LogP contribution in [0.5, 0.6) is 23.0 Å². The molecule has 0 radical (unpaired) electrons. The molecule has 1 aliphatic rings. The summed E-state index contributed by atoms with van der Waals surface area (Å²) in [5.41, 5.74) is 2.30. The Morgan fingerprint density at radius 2 is 1.74 bits per heavy atom. The topological polar surface area (TPSA) is 72.2 Å².